The van der Waals surface area contributed by atoms with Crippen LogP contribution in [0, 0.1) is 6.92 Å². The summed E-state index contributed by atoms with van der Waals surface area (Å²) in [4.78, 5) is 10.9. The highest BCUT2D eigenvalue weighted by molar-refractivity contribution is 5.95. The maximum Gasteiger partial charge on any atom is 0.337 e. The summed E-state index contributed by atoms with van der Waals surface area (Å²) in [6.45, 7) is 2.11. The summed E-state index contributed by atoms with van der Waals surface area (Å²) in [7, 11) is 0. The summed E-state index contributed by atoms with van der Waals surface area (Å²) in [6.07, 6.45) is 0.506. The number of carboxylic acid groups (broad SMARTS) is 1. The second kappa shape index (κ2) is 5.37. The van der Waals surface area contributed by atoms with Crippen LogP contribution < -0.4 is 10.5 Å². The van der Waals surface area contributed by atoms with Gasteiger partial charge in [-0.15, -0.1) is 0 Å². The Balaban J connectivity index is 2.91. The molecule has 0 saturated carbocycles. The zero-order valence-corrected chi connectivity index (χ0v) is 9.06. The molecule has 0 atom stereocenters. The Morgan fingerprint density at radius 2 is 2.19 bits per heavy atom. The quantitative estimate of drug-likeness (QED) is 0.514. The highest BCUT2D eigenvalue weighted by atomic mass is 16.5. The summed E-state index contributed by atoms with van der Waals surface area (Å²) in [5.41, 5.74) is 6.59. The molecule has 16 heavy (non-hydrogen) atoms. The minimum Gasteiger partial charge on any atom is -0.493 e. The van der Waals surface area contributed by atoms with Gasteiger partial charge in [0.05, 0.1) is 12.2 Å². The van der Waals surface area contributed by atoms with Crippen molar-refractivity contribution >= 4 is 11.7 Å². The first kappa shape index (κ1) is 12.3. The number of carboxylic acids is 1. The summed E-state index contributed by atoms with van der Waals surface area (Å²) < 4.78 is 5.29. The molecule has 0 aliphatic rings. The van der Waals surface area contributed by atoms with Crippen LogP contribution in [0.4, 0.5) is 5.69 Å². The molecule has 0 aromatic heterocycles. The molecule has 5 nitrogen and oxygen atoms in total. The van der Waals surface area contributed by atoms with E-state index in [1.165, 1.54) is 6.07 Å². The molecule has 1 aromatic carbocycles. The van der Waals surface area contributed by atoms with Crippen LogP contribution in [0.5, 0.6) is 5.75 Å². The SMILES string of the molecule is Cc1cc(OCCCO)cc(C(=O)O)c1N. The Hall–Kier alpha value is -1.75. The van der Waals surface area contributed by atoms with E-state index in [0.29, 0.717) is 24.3 Å². The molecule has 0 spiro atoms. The van der Waals surface area contributed by atoms with E-state index < -0.39 is 5.97 Å². The molecule has 0 aliphatic carbocycles. The Morgan fingerprint density at radius 1 is 1.50 bits per heavy atom. The molecule has 0 amide bonds. The van der Waals surface area contributed by atoms with Gasteiger partial charge in [-0.05, 0) is 24.6 Å². The third-order valence-electron chi connectivity index (χ3n) is 2.16. The van der Waals surface area contributed by atoms with Crippen molar-refractivity contribution in [2.24, 2.45) is 0 Å². The van der Waals surface area contributed by atoms with Crippen LogP contribution in [-0.4, -0.2) is 29.4 Å². The monoisotopic (exact) mass is 225 g/mol. The van der Waals surface area contributed by atoms with E-state index in [1.54, 1.807) is 13.0 Å². The number of aryl methyl sites for hydroxylation is 1. The van der Waals surface area contributed by atoms with Crippen molar-refractivity contribution in [1.29, 1.82) is 0 Å². The molecule has 88 valence electrons. The van der Waals surface area contributed by atoms with Gasteiger partial charge in [0.1, 0.15) is 5.75 Å². The number of benzene rings is 1. The van der Waals surface area contributed by atoms with E-state index in [2.05, 4.69) is 0 Å². The molecule has 0 fully saturated rings. The summed E-state index contributed by atoms with van der Waals surface area (Å²) >= 11 is 0. The Morgan fingerprint density at radius 3 is 2.75 bits per heavy atom. The van der Waals surface area contributed by atoms with Crippen LogP contribution in [0.3, 0.4) is 0 Å². The van der Waals surface area contributed by atoms with Crippen LogP contribution in [0.1, 0.15) is 22.3 Å². The lowest BCUT2D eigenvalue weighted by Crippen LogP contribution is -2.06. The Labute approximate surface area is 93.5 Å². The van der Waals surface area contributed by atoms with Crippen molar-refractivity contribution in [2.75, 3.05) is 18.9 Å². The fraction of sp³-hybridized carbons (Fsp3) is 0.364. The molecule has 5 heteroatoms. The second-order valence-electron chi connectivity index (χ2n) is 3.43. The maximum absolute atomic E-state index is 10.9. The number of nitrogen functional groups attached to an aromatic ring is 1. The van der Waals surface area contributed by atoms with Crippen molar-refractivity contribution in [3.8, 4) is 5.75 Å². The first-order valence-corrected chi connectivity index (χ1v) is 4.93. The summed E-state index contributed by atoms with van der Waals surface area (Å²) in [5.74, 6) is -0.620. The average molecular weight is 225 g/mol. The second-order valence-corrected chi connectivity index (χ2v) is 3.43. The van der Waals surface area contributed by atoms with Gasteiger partial charge in [0, 0.05) is 18.7 Å². The lowest BCUT2D eigenvalue weighted by molar-refractivity contribution is 0.0697. The summed E-state index contributed by atoms with van der Waals surface area (Å²) in [5, 5.41) is 17.5. The number of aliphatic hydroxyl groups is 1. The average Bonchev–Trinajstić information content (AvgIpc) is 2.23. The normalized spacial score (nSPS) is 10.1. The fourth-order valence-corrected chi connectivity index (χ4v) is 1.28. The predicted octanol–water partition coefficient (Wildman–Crippen LogP) is 1.04. The van der Waals surface area contributed by atoms with Crippen LogP contribution in [0.2, 0.25) is 0 Å². The third kappa shape index (κ3) is 2.87. The highest BCUT2D eigenvalue weighted by Gasteiger charge is 2.12. The van der Waals surface area contributed by atoms with Gasteiger partial charge >= 0.3 is 5.97 Å². The van der Waals surface area contributed by atoms with Crippen molar-refractivity contribution < 1.29 is 19.7 Å². The van der Waals surface area contributed by atoms with Crippen LogP contribution in [-0.2, 0) is 0 Å². The molecule has 4 N–H and O–H groups in total. The zero-order valence-electron chi connectivity index (χ0n) is 9.06. The number of aliphatic hydroxyl groups excluding tert-OH is 1. The molecule has 0 heterocycles. The van der Waals surface area contributed by atoms with E-state index in [4.69, 9.17) is 20.7 Å². The van der Waals surface area contributed by atoms with Gasteiger partial charge in [-0.2, -0.15) is 0 Å². The van der Waals surface area contributed by atoms with Crippen LogP contribution in [0.15, 0.2) is 12.1 Å². The molecule has 0 unspecified atom stereocenters. The molecule has 0 aliphatic heterocycles. The van der Waals surface area contributed by atoms with Gasteiger partial charge < -0.3 is 20.7 Å². The van der Waals surface area contributed by atoms with Gasteiger partial charge in [0.15, 0.2) is 0 Å². The van der Waals surface area contributed by atoms with E-state index >= 15 is 0 Å². The molecule has 1 rings (SSSR count). The number of hydrogen-bond donors (Lipinski definition) is 3. The van der Waals surface area contributed by atoms with Crippen LogP contribution >= 0.6 is 0 Å². The van der Waals surface area contributed by atoms with Gasteiger partial charge in [0.2, 0.25) is 0 Å². The number of carbonyl (C=O) groups is 1. The third-order valence-corrected chi connectivity index (χ3v) is 2.16. The van der Waals surface area contributed by atoms with Gasteiger partial charge in [-0.1, -0.05) is 0 Å². The number of ether oxygens (including phenoxy) is 1. The maximum atomic E-state index is 10.9. The number of aromatic carboxylic acids is 1. The number of nitrogens with two attached hydrogens (primary N) is 1. The minimum absolute atomic E-state index is 0.0407. The van der Waals surface area contributed by atoms with Crippen molar-refractivity contribution in [1.82, 2.24) is 0 Å². The van der Waals surface area contributed by atoms with E-state index in [1.807, 2.05) is 0 Å². The molecular weight excluding hydrogens is 210 g/mol. The molecule has 0 saturated heterocycles. The zero-order chi connectivity index (χ0) is 12.1. The summed E-state index contributed by atoms with van der Waals surface area (Å²) in [6, 6.07) is 3.07. The Bertz CT molecular complexity index is 390. The first-order chi connectivity index (χ1) is 7.56. The smallest absolute Gasteiger partial charge is 0.337 e. The lowest BCUT2D eigenvalue weighted by Gasteiger charge is -2.10. The van der Waals surface area contributed by atoms with E-state index in [0.717, 1.165) is 0 Å². The number of rotatable bonds is 5. The number of anilines is 1. The Kier molecular flexibility index (Phi) is 4.13. The largest absolute Gasteiger partial charge is 0.493 e. The highest BCUT2D eigenvalue weighted by Crippen LogP contribution is 2.24. The molecule has 0 bridgehead atoms. The number of hydrogen-bond acceptors (Lipinski definition) is 4. The topological polar surface area (TPSA) is 92.8 Å². The predicted molar refractivity (Wildman–Crippen MR) is 59.7 cm³/mol. The van der Waals surface area contributed by atoms with Crippen molar-refractivity contribution in [3.05, 3.63) is 23.3 Å². The molecule has 1 aromatic rings. The fourth-order valence-electron chi connectivity index (χ4n) is 1.28. The van der Waals surface area contributed by atoms with Crippen molar-refractivity contribution in [3.63, 3.8) is 0 Å². The molecule has 0 radical (unpaired) electrons. The van der Waals surface area contributed by atoms with Crippen LogP contribution in [0.25, 0.3) is 0 Å². The van der Waals surface area contributed by atoms with E-state index in [-0.39, 0.29) is 17.9 Å². The lowest BCUT2D eigenvalue weighted by atomic mass is 10.1. The van der Waals surface area contributed by atoms with Gasteiger partial charge in [-0.25, -0.2) is 4.79 Å². The van der Waals surface area contributed by atoms with Gasteiger partial charge in [0.25, 0.3) is 0 Å². The van der Waals surface area contributed by atoms with E-state index in [9.17, 15) is 4.79 Å². The van der Waals surface area contributed by atoms with Gasteiger partial charge in [-0.3, -0.25) is 0 Å². The minimum atomic E-state index is -1.08. The molecular formula is C11H15NO4. The van der Waals surface area contributed by atoms with Crippen molar-refractivity contribution in [2.45, 2.75) is 13.3 Å². The first-order valence-electron chi connectivity index (χ1n) is 4.93. The standard InChI is InChI=1S/C11H15NO4/c1-7-5-8(16-4-2-3-13)6-9(10(7)12)11(14)15/h5-6,13H,2-4,12H2,1H3,(H,14,15).